The zero-order chi connectivity index (χ0) is 12.6. The molecule has 4 heteroatoms. The van der Waals surface area contributed by atoms with Gasteiger partial charge in [-0.3, -0.25) is 9.48 Å². The molecule has 1 aromatic carbocycles. The third-order valence-corrected chi connectivity index (χ3v) is 2.86. The van der Waals surface area contributed by atoms with Gasteiger partial charge in [-0.15, -0.1) is 0 Å². The summed E-state index contributed by atoms with van der Waals surface area (Å²) in [6.07, 6.45) is 0. The number of nitrogens with zero attached hydrogens (tertiary/aromatic N) is 3. The highest BCUT2D eigenvalue weighted by atomic mass is 16.1. The van der Waals surface area contributed by atoms with Crippen LogP contribution >= 0.6 is 0 Å². The fraction of sp³-hybridized carbons (Fsp3) is 0.385. The topological polar surface area (TPSA) is 50.7 Å². The number of nitriles is 1. The highest BCUT2D eigenvalue weighted by Gasteiger charge is 2.14. The van der Waals surface area contributed by atoms with Crippen molar-refractivity contribution in [1.82, 2.24) is 9.36 Å². The lowest BCUT2D eigenvalue weighted by Gasteiger charge is -2.09. The van der Waals surface area contributed by atoms with Crippen molar-refractivity contribution in [3.8, 4) is 6.07 Å². The Kier molecular flexibility index (Phi) is 2.76. The Bertz CT molecular complexity index is 656. The quantitative estimate of drug-likeness (QED) is 0.789. The molecule has 17 heavy (non-hydrogen) atoms. The van der Waals surface area contributed by atoms with Crippen LogP contribution in [0, 0.1) is 17.2 Å². The predicted octanol–water partition coefficient (Wildman–Crippen LogP) is 1.87. The van der Waals surface area contributed by atoms with E-state index in [0.29, 0.717) is 23.4 Å². The molecule has 0 saturated carbocycles. The van der Waals surface area contributed by atoms with Crippen molar-refractivity contribution in [3.05, 3.63) is 34.1 Å². The largest absolute Gasteiger partial charge is 0.285 e. The molecule has 0 amide bonds. The second kappa shape index (κ2) is 4.10. The highest BCUT2D eigenvalue weighted by Crippen LogP contribution is 2.15. The first-order valence-electron chi connectivity index (χ1n) is 5.65. The number of aryl methyl sites for hydroxylation is 1. The molecule has 0 fully saturated rings. The Morgan fingerprint density at radius 2 is 2.12 bits per heavy atom. The minimum absolute atomic E-state index is 0.0756. The van der Waals surface area contributed by atoms with Crippen molar-refractivity contribution in [2.45, 2.75) is 20.4 Å². The normalized spacial score (nSPS) is 11.0. The number of aromatic nitrogens is 2. The van der Waals surface area contributed by atoms with E-state index in [2.05, 4.69) is 19.9 Å². The van der Waals surface area contributed by atoms with Gasteiger partial charge in [0.15, 0.2) is 0 Å². The third kappa shape index (κ3) is 1.74. The van der Waals surface area contributed by atoms with Gasteiger partial charge in [0.1, 0.15) is 6.07 Å². The van der Waals surface area contributed by atoms with Crippen LogP contribution < -0.4 is 5.56 Å². The Hall–Kier alpha value is -2.02. The van der Waals surface area contributed by atoms with Crippen LogP contribution in [0.15, 0.2) is 23.0 Å². The van der Waals surface area contributed by atoms with Crippen LogP contribution in [0.25, 0.3) is 10.9 Å². The SMILES string of the molecule is CC(C)Cn1c(=O)c2c(C#N)cccc2n1C. The van der Waals surface area contributed by atoms with Gasteiger partial charge in [-0.25, -0.2) is 4.68 Å². The number of rotatable bonds is 2. The monoisotopic (exact) mass is 229 g/mol. The summed E-state index contributed by atoms with van der Waals surface area (Å²) in [7, 11) is 1.85. The second-order valence-corrected chi connectivity index (χ2v) is 4.62. The van der Waals surface area contributed by atoms with Gasteiger partial charge in [0.2, 0.25) is 0 Å². The lowest BCUT2D eigenvalue weighted by Crippen LogP contribution is -2.24. The first-order valence-corrected chi connectivity index (χ1v) is 5.65. The Morgan fingerprint density at radius 1 is 1.41 bits per heavy atom. The van der Waals surface area contributed by atoms with Gasteiger partial charge >= 0.3 is 0 Å². The van der Waals surface area contributed by atoms with Crippen LogP contribution in [-0.2, 0) is 13.6 Å². The minimum atomic E-state index is -0.0756. The van der Waals surface area contributed by atoms with E-state index in [0.717, 1.165) is 5.52 Å². The standard InChI is InChI=1S/C13H15N3O/c1-9(2)8-16-13(17)12-10(7-14)5-4-6-11(12)15(16)3/h4-6,9H,8H2,1-3H3. The van der Waals surface area contributed by atoms with E-state index in [1.165, 1.54) is 0 Å². The van der Waals surface area contributed by atoms with Crippen molar-refractivity contribution in [1.29, 1.82) is 5.26 Å². The van der Waals surface area contributed by atoms with Crippen LogP contribution in [-0.4, -0.2) is 9.36 Å². The second-order valence-electron chi connectivity index (χ2n) is 4.62. The molecule has 0 radical (unpaired) electrons. The van der Waals surface area contributed by atoms with Crippen molar-refractivity contribution < 1.29 is 0 Å². The summed E-state index contributed by atoms with van der Waals surface area (Å²) in [5, 5.41) is 9.56. The molecule has 0 unspecified atom stereocenters. The molecule has 0 bridgehead atoms. The fourth-order valence-electron chi connectivity index (χ4n) is 2.07. The maximum absolute atomic E-state index is 12.3. The number of benzene rings is 1. The average Bonchev–Trinajstić information content (AvgIpc) is 2.54. The molecule has 0 N–H and O–H groups in total. The summed E-state index contributed by atoms with van der Waals surface area (Å²) in [4.78, 5) is 12.3. The average molecular weight is 229 g/mol. The molecule has 1 aromatic heterocycles. The van der Waals surface area contributed by atoms with Gasteiger partial charge in [0.25, 0.3) is 5.56 Å². The molecule has 0 aliphatic heterocycles. The number of fused-ring (bicyclic) bond motifs is 1. The van der Waals surface area contributed by atoms with Crippen LogP contribution in [0.5, 0.6) is 0 Å². The first-order chi connectivity index (χ1) is 8.06. The molecule has 0 saturated heterocycles. The van der Waals surface area contributed by atoms with Crippen molar-refractivity contribution in [2.24, 2.45) is 13.0 Å². The van der Waals surface area contributed by atoms with Crippen LogP contribution in [0.2, 0.25) is 0 Å². The van der Waals surface area contributed by atoms with Gasteiger partial charge < -0.3 is 0 Å². The van der Waals surface area contributed by atoms with Gasteiger partial charge in [-0.05, 0) is 18.1 Å². The van der Waals surface area contributed by atoms with E-state index in [4.69, 9.17) is 5.26 Å². The van der Waals surface area contributed by atoms with E-state index in [9.17, 15) is 4.79 Å². The summed E-state index contributed by atoms with van der Waals surface area (Å²) in [6.45, 7) is 4.79. The molecular formula is C13H15N3O. The van der Waals surface area contributed by atoms with Crippen molar-refractivity contribution in [3.63, 3.8) is 0 Å². The van der Waals surface area contributed by atoms with Gasteiger partial charge in [-0.1, -0.05) is 19.9 Å². The molecule has 4 nitrogen and oxygen atoms in total. The van der Waals surface area contributed by atoms with E-state index < -0.39 is 0 Å². The zero-order valence-corrected chi connectivity index (χ0v) is 10.3. The smallest absolute Gasteiger partial charge is 0.275 e. The summed E-state index contributed by atoms with van der Waals surface area (Å²) in [5.41, 5.74) is 1.19. The lowest BCUT2D eigenvalue weighted by molar-refractivity contribution is 0.424. The third-order valence-electron chi connectivity index (χ3n) is 2.86. The minimum Gasteiger partial charge on any atom is -0.285 e. The van der Waals surface area contributed by atoms with E-state index in [1.807, 2.05) is 17.8 Å². The Balaban J connectivity index is 2.82. The molecule has 88 valence electrons. The molecule has 0 spiro atoms. The van der Waals surface area contributed by atoms with E-state index >= 15 is 0 Å². The van der Waals surface area contributed by atoms with Crippen molar-refractivity contribution >= 4 is 10.9 Å². The summed E-state index contributed by atoms with van der Waals surface area (Å²) < 4.78 is 3.52. The predicted molar refractivity (Wildman–Crippen MR) is 66.7 cm³/mol. The Morgan fingerprint density at radius 3 is 2.71 bits per heavy atom. The first kappa shape index (κ1) is 11.5. The molecule has 2 aromatic rings. The van der Waals surface area contributed by atoms with Crippen LogP contribution in [0.3, 0.4) is 0 Å². The maximum atomic E-state index is 12.3. The number of hydrogen-bond donors (Lipinski definition) is 0. The van der Waals surface area contributed by atoms with Gasteiger partial charge in [-0.2, -0.15) is 5.26 Å². The van der Waals surface area contributed by atoms with E-state index in [1.54, 1.807) is 16.8 Å². The molecular weight excluding hydrogens is 214 g/mol. The molecule has 1 heterocycles. The zero-order valence-electron chi connectivity index (χ0n) is 10.3. The fourth-order valence-corrected chi connectivity index (χ4v) is 2.07. The van der Waals surface area contributed by atoms with Gasteiger partial charge in [0.05, 0.1) is 16.5 Å². The molecule has 0 aliphatic rings. The summed E-state index contributed by atoms with van der Waals surface area (Å²) in [6, 6.07) is 7.44. The van der Waals surface area contributed by atoms with Gasteiger partial charge in [0, 0.05) is 13.6 Å². The maximum Gasteiger partial charge on any atom is 0.275 e. The molecule has 0 aliphatic carbocycles. The van der Waals surface area contributed by atoms with Crippen molar-refractivity contribution in [2.75, 3.05) is 0 Å². The molecule has 2 rings (SSSR count). The van der Waals surface area contributed by atoms with Crippen LogP contribution in [0.4, 0.5) is 0 Å². The summed E-state index contributed by atoms with van der Waals surface area (Å²) >= 11 is 0. The lowest BCUT2D eigenvalue weighted by atomic mass is 10.1. The van der Waals surface area contributed by atoms with E-state index in [-0.39, 0.29) is 5.56 Å². The Labute approximate surface area is 99.7 Å². The molecule has 0 atom stereocenters. The summed E-state index contributed by atoms with van der Waals surface area (Å²) in [5.74, 6) is 0.390. The highest BCUT2D eigenvalue weighted by molar-refractivity contribution is 5.84. The van der Waals surface area contributed by atoms with Crippen LogP contribution in [0.1, 0.15) is 19.4 Å². The number of hydrogen-bond acceptors (Lipinski definition) is 2.